The van der Waals surface area contributed by atoms with E-state index in [2.05, 4.69) is 15.3 Å². The highest BCUT2D eigenvalue weighted by Crippen LogP contribution is 2.29. The summed E-state index contributed by atoms with van der Waals surface area (Å²) in [5.41, 5.74) is 0.644. The fraction of sp³-hybridized carbons (Fsp3) is 0.385. The van der Waals surface area contributed by atoms with Crippen molar-refractivity contribution in [3.05, 3.63) is 42.2 Å². The zero-order valence-electron chi connectivity index (χ0n) is 10.6. The van der Waals surface area contributed by atoms with Gasteiger partial charge in [-0.15, -0.1) is 0 Å². The first-order valence-electron chi connectivity index (χ1n) is 6.35. The van der Waals surface area contributed by atoms with Crippen LogP contribution in [0.4, 0.5) is 13.2 Å². The maximum atomic E-state index is 12.5. The Labute approximate surface area is 113 Å². The molecule has 1 N–H and O–H groups in total. The second-order valence-electron chi connectivity index (χ2n) is 4.74. The van der Waals surface area contributed by atoms with Gasteiger partial charge in [-0.3, -0.25) is 0 Å². The fourth-order valence-electron chi connectivity index (χ4n) is 2.41. The van der Waals surface area contributed by atoms with Gasteiger partial charge >= 0.3 is 6.18 Å². The summed E-state index contributed by atoms with van der Waals surface area (Å²) >= 11 is 0. The van der Waals surface area contributed by atoms with Crippen LogP contribution in [0.3, 0.4) is 0 Å². The van der Waals surface area contributed by atoms with Gasteiger partial charge in [0.05, 0.1) is 30.1 Å². The van der Waals surface area contributed by atoms with Crippen molar-refractivity contribution in [2.24, 2.45) is 0 Å². The van der Waals surface area contributed by atoms with E-state index >= 15 is 0 Å². The van der Waals surface area contributed by atoms with Crippen LogP contribution >= 0.6 is 0 Å². The minimum atomic E-state index is -4.41. The Morgan fingerprint density at radius 2 is 2.10 bits per heavy atom. The average Bonchev–Trinajstić information content (AvgIpc) is 3.08. The topological polar surface area (TPSA) is 42.7 Å². The Hall–Kier alpha value is -1.89. The van der Waals surface area contributed by atoms with Crippen molar-refractivity contribution in [2.75, 3.05) is 6.54 Å². The predicted molar refractivity (Wildman–Crippen MR) is 66.3 cm³/mol. The van der Waals surface area contributed by atoms with Gasteiger partial charge in [0.2, 0.25) is 0 Å². The zero-order valence-corrected chi connectivity index (χ0v) is 10.6. The minimum Gasteiger partial charge on any atom is -0.309 e. The van der Waals surface area contributed by atoms with Crippen LogP contribution in [-0.4, -0.2) is 21.1 Å². The molecule has 20 heavy (non-hydrogen) atoms. The van der Waals surface area contributed by atoms with Crippen molar-refractivity contribution in [3.63, 3.8) is 0 Å². The summed E-state index contributed by atoms with van der Waals surface area (Å²) in [4.78, 5) is 7.57. The number of imidazole rings is 1. The fourth-order valence-corrected chi connectivity index (χ4v) is 2.41. The van der Waals surface area contributed by atoms with Crippen LogP contribution in [0.2, 0.25) is 0 Å². The summed E-state index contributed by atoms with van der Waals surface area (Å²) in [5.74, 6) is 0. The lowest BCUT2D eigenvalue weighted by molar-refractivity contribution is -0.141. The molecule has 0 bridgehead atoms. The second kappa shape index (κ2) is 4.90. The molecule has 0 unspecified atom stereocenters. The van der Waals surface area contributed by atoms with Crippen molar-refractivity contribution in [3.8, 4) is 5.69 Å². The average molecular weight is 282 g/mol. The molecule has 1 fully saturated rings. The van der Waals surface area contributed by atoms with E-state index in [9.17, 15) is 13.2 Å². The quantitative estimate of drug-likeness (QED) is 0.921. The predicted octanol–water partition coefficient (Wildman–Crippen LogP) is 2.71. The number of hydrogen-bond donors (Lipinski definition) is 1. The number of nitrogens with one attached hydrogen (secondary N) is 1. The lowest BCUT2D eigenvalue weighted by Gasteiger charge is -2.14. The van der Waals surface area contributed by atoms with Crippen molar-refractivity contribution >= 4 is 0 Å². The highest BCUT2D eigenvalue weighted by atomic mass is 19.4. The zero-order chi connectivity index (χ0) is 14.2. The maximum absolute atomic E-state index is 12.5. The van der Waals surface area contributed by atoms with Crippen LogP contribution in [0.15, 0.2) is 30.9 Å². The Balaban J connectivity index is 1.92. The molecule has 2 aromatic rings. The van der Waals surface area contributed by atoms with Gasteiger partial charge in [-0.25, -0.2) is 9.97 Å². The lowest BCUT2D eigenvalue weighted by Crippen LogP contribution is -2.16. The molecule has 1 saturated heterocycles. The Morgan fingerprint density at radius 1 is 1.25 bits per heavy atom. The summed E-state index contributed by atoms with van der Waals surface area (Å²) in [6, 6.07) is 2.59. The maximum Gasteiger partial charge on any atom is 0.433 e. The number of nitrogens with zero attached hydrogens (tertiary/aromatic N) is 3. The molecular formula is C13H13F3N4. The molecule has 0 aromatic carbocycles. The normalized spacial score (nSPS) is 19.4. The molecule has 106 valence electrons. The summed E-state index contributed by atoms with van der Waals surface area (Å²) in [7, 11) is 0. The van der Waals surface area contributed by atoms with Crippen molar-refractivity contribution in [1.29, 1.82) is 0 Å². The smallest absolute Gasteiger partial charge is 0.309 e. The van der Waals surface area contributed by atoms with Gasteiger partial charge in [0.1, 0.15) is 5.69 Å². The van der Waals surface area contributed by atoms with E-state index in [1.165, 1.54) is 12.3 Å². The number of hydrogen-bond acceptors (Lipinski definition) is 3. The van der Waals surface area contributed by atoms with Gasteiger partial charge in [0.15, 0.2) is 0 Å². The lowest BCUT2D eigenvalue weighted by atomic mass is 10.1. The summed E-state index contributed by atoms with van der Waals surface area (Å²) in [6.45, 7) is 0.946. The molecule has 7 heteroatoms. The summed E-state index contributed by atoms with van der Waals surface area (Å²) < 4.78 is 39.3. The van der Waals surface area contributed by atoms with Crippen LogP contribution in [0.5, 0.6) is 0 Å². The standard InChI is InChI=1S/C13H13F3N4/c14-13(15,16)12-4-3-9(6-19-12)20-8-17-7-11(20)10-2-1-5-18-10/h3-4,6-8,10,18H,1-2,5H2/t10-/m0/s1. The van der Waals surface area contributed by atoms with Gasteiger partial charge in [-0.2, -0.15) is 13.2 Å². The van der Waals surface area contributed by atoms with Crippen LogP contribution in [0, 0.1) is 0 Å². The molecule has 0 spiro atoms. The SMILES string of the molecule is FC(F)(F)c1ccc(-n2cncc2[C@@H]2CCCN2)cn1. The van der Waals surface area contributed by atoms with Crippen LogP contribution in [0.25, 0.3) is 5.69 Å². The van der Waals surface area contributed by atoms with Crippen molar-refractivity contribution in [2.45, 2.75) is 25.1 Å². The van der Waals surface area contributed by atoms with E-state index in [0.717, 1.165) is 31.1 Å². The third-order valence-corrected chi connectivity index (χ3v) is 3.40. The third kappa shape index (κ3) is 2.40. The van der Waals surface area contributed by atoms with E-state index in [-0.39, 0.29) is 6.04 Å². The molecule has 0 amide bonds. The molecule has 2 aromatic heterocycles. The molecule has 0 radical (unpaired) electrons. The van der Waals surface area contributed by atoms with E-state index in [1.807, 2.05) is 0 Å². The third-order valence-electron chi connectivity index (χ3n) is 3.40. The number of aromatic nitrogens is 3. The van der Waals surface area contributed by atoms with E-state index < -0.39 is 11.9 Å². The number of alkyl halides is 3. The van der Waals surface area contributed by atoms with Crippen LogP contribution in [0.1, 0.15) is 30.3 Å². The Kier molecular flexibility index (Phi) is 3.21. The van der Waals surface area contributed by atoms with E-state index in [0.29, 0.717) is 5.69 Å². The Bertz CT molecular complexity index is 582. The number of pyridine rings is 1. The first-order chi connectivity index (χ1) is 9.55. The van der Waals surface area contributed by atoms with E-state index in [1.54, 1.807) is 17.1 Å². The van der Waals surface area contributed by atoms with Gasteiger partial charge < -0.3 is 9.88 Å². The molecule has 1 aliphatic heterocycles. The van der Waals surface area contributed by atoms with Gasteiger partial charge in [0, 0.05) is 6.04 Å². The number of rotatable bonds is 2. The van der Waals surface area contributed by atoms with Gasteiger partial charge in [0.25, 0.3) is 0 Å². The molecule has 3 rings (SSSR count). The monoisotopic (exact) mass is 282 g/mol. The molecule has 0 aliphatic carbocycles. The number of halogens is 3. The molecule has 3 heterocycles. The molecule has 0 saturated carbocycles. The molecular weight excluding hydrogens is 269 g/mol. The molecule has 1 aliphatic rings. The van der Waals surface area contributed by atoms with Crippen LogP contribution in [-0.2, 0) is 6.18 Å². The summed E-state index contributed by atoms with van der Waals surface area (Å²) in [6.07, 6.45) is 2.23. The minimum absolute atomic E-state index is 0.194. The summed E-state index contributed by atoms with van der Waals surface area (Å²) in [5, 5.41) is 3.34. The largest absolute Gasteiger partial charge is 0.433 e. The van der Waals surface area contributed by atoms with Gasteiger partial charge in [-0.1, -0.05) is 0 Å². The van der Waals surface area contributed by atoms with Gasteiger partial charge in [-0.05, 0) is 31.5 Å². The van der Waals surface area contributed by atoms with Crippen molar-refractivity contribution < 1.29 is 13.2 Å². The Morgan fingerprint density at radius 3 is 2.70 bits per heavy atom. The van der Waals surface area contributed by atoms with E-state index in [4.69, 9.17) is 0 Å². The highest BCUT2D eigenvalue weighted by Gasteiger charge is 2.32. The first kappa shape index (κ1) is 13.1. The van der Waals surface area contributed by atoms with Crippen LogP contribution < -0.4 is 5.32 Å². The second-order valence-corrected chi connectivity index (χ2v) is 4.74. The molecule has 4 nitrogen and oxygen atoms in total. The molecule has 1 atom stereocenters. The highest BCUT2D eigenvalue weighted by molar-refractivity contribution is 5.33. The van der Waals surface area contributed by atoms with Crippen molar-refractivity contribution in [1.82, 2.24) is 19.9 Å². The first-order valence-corrected chi connectivity index (χ1v) is 6.35.